The van der Waals surface area contributed by atoms with Crippen LogP contribution in [-0.2, 0) is 11.8 Å². The van der Waals surface area contributed by atoms with Gasteiger partial charge in [0.1, 0.15) is 5.69 Å². The first kappa shape index (κ1) is 22.8. The molecule has 2 saturated heterocycles. The molecular formula is C17H22F6N4O3. The van der Waals surface area contributed by atoms with E-state index in [-0.39, 0.29) is 37.5 Å². The summed E-state index contributed by atoms with van der Waals surface area (Å²) < 4.78 is 81.4. The van der Waals surface area contributed by atoms with Crippen molar-refractivity contribution in [3.63, 3.8) is 0 Å². The SMILES string of the molecule is Cn1ccc(C(=O)N2CCCC23CCN(C(O)OC(C(F)(F)F)C(F)(F)F)CC3)n1. The highest BCUT2D eigenvalue weighted by Crippen LogP contribution is 2.41. The van der Waals surface area contributed by atoms with Gasteiger partial charge in [-0.25, -0.2) is 0 Å². The van der Waals surface area contributed by atoms with E-state index >= 15 is 0 Å². The van der Waals surface area contributed by atoms with Gasteiger partial charge in [0, 0.05) is 38.4 Å². The van der Waals surface area contributed by atoms with Crippen molar-refractivity contribution >= 4 is 5.91 Å². The number of aryl methyl sites for hydroxylation is 1. The molecule has 1 N–H and O–H groups in total. The third-order valence-corrected chi connectivity index (χ3v) is 5.67. The second-order valence-electron chi connectivity index (χ2n) is 7.62. The second-order valence-corrected chi connectivity index (χ2v) is 7.62. The molecule has 30 heavy (non-hydrogen) atoms. The van der Waals surface area contributed by atoms with Crippen molar-refractivity contribution in [3.8, 4) is 0 Å². The van der Waals surface area contributed by atoms with E-state index in [2.05, 4.69) is 9.84 Å². The van der Waals surface area contributed by atoms with Gasteiger partial charge in [0.05, 0.1) is 0 Å². The van der Waals surface area contributed by atoms with Crippen molar-refractivity contribution in [2.75, 3.05) is 19.6 Å². The van der Waals surface area contributed by atoms with E-state index in [1.807, 2.05) is 0 Å². The maximum atomic E-state index is 12.8. The lowest BCUT2D eigenvalue weighted by Gasteiger charge is -2.46. The zero-order valence-electron chi connectivity index (χ0n) is 16.1. The quantitative estimate of drug-likeness (QED) is 0.570. The molecular weight excluding hydrogens is 422 g/mol. The van der Waals surface area contributed by atoms with Crippen LogP contribution < -0.4 is 0 Å². The van der Waals surface area contributed by atoms with Crippen LogP contribution in [0.4, 0.5) is 26.3 Å². The fourth-order valence-electron chi connectivity index (χ4n) is 4.15. The number of carbonyl (C=O) groups is 1. The molecule has 1 unspecified atom stereocenters. The summed E-state index contributed by atoms with van der Waals surface area (Å²) in [6, 6.07) is 1.58. The van der Waals surface area contributed by atoms with Crippen LogP contribution in [0.1, 0.15) is 36.2 Å². The zero-order valence-corrected chi connectivity index (χ0v) is 16.1. The Bertz CT molecular complexity index is 743. The molecule has 0 bridgehead atoms. The average Bonchev–Trinajstić information content (AvgIpc) is 3.24. The van der Waals surface area contributed by atoms with Gasteiger partial charge >= 0.3 is 12.4 Å². The number of amides is 1. The minimum atomic E-state index is -5.70. The number of ether oxygens (including phenoxy) is 1. The lowest BCUT2D eigenvalue weighted by atomic mass is 9.85. The Morgan fingerprint density at radius 3 is 2.23 bits per heavy atom. The van der Waals surface area contributed by atoms with E-state index in [0.717, 1.165) is 11.3 Å². The van der Waals surface area contributed by atoms with Crippen LogP contribution in [0.3, 0.4) is 0 Å². The van der Waals surface area contributed by atoms with E-state index in [4.69, 9.17) is 0 Å². The standard InChI is InChI=1S/C17H22F6N4O3/c1-25-8-3-11(24-25)12(28)27-7-2-4-15(27)5-9-26(10-6-15)14(29)30-13(16(18,19)20)17(21,22)23/h3,8,13-14,29H,2,4-7,9-10H2,1H3. The summed E-state index contributed by atoms with van der Waals surface area (Å²) in [5, 5.41) is 14.0. The largest absolute Gasteiger partial charge is 0.423 e. The van der Waals surface area contributed by atoms with Crippen molar-refractivity contribution < 1.29 is 41.0 Å². The summed E-state index contributed by atoms with van der Waals surface area (Å²) in [5.41, 5.74) is -0.305. The van der Waals surface area contributed by atoms with Crippen molar-refractivity contribution in [3.05, 3.63) is 18.0 Å². The lowest BCUT2D eigenvalue weighted by molar-refractivity contribution is -0.367. The third-order valence-electron chi connectivity index (χ3n) is 5.67. The number of likely N-dealkylation sites (tertiary alicyclic amines) is 2. The molecule has 13 heteroatoms. The number of hydrogen-bond donors (Lipinski definition) is 1. The van der Waals surface area contributed by atoms with Gasteiger partial charge in [-0.3, -0.25) is 14.4 Å². The molecule has 0 aliphatic carbocycles. The predicted molar refractivity (Wildman–Crippen MR) is 90.0 cm³/mol. The maximum Gasteiger partial charge on any atom is 0.423 e. The topological polar surface area (TPSA) is 70.8 Å². The lowest BCUT2D eigenvalue weighted by Crippen LogP contribution is -2.57. The van der Waals surface area contributed by atoms with Gasteiger partial charge in [0.25, 0.3) is 12.0 Å². The summed E-state index contributed by atoms with van der Waals surface area (Å²) in [5.74, 6) is -0.271. The normalized spacial score (nSPS) is 21.6. The van der Waals surface area contributed by atoms with Gasteiger partial charge in [-0.1, -0.05) is 0 Å². The highest BCUT2D eigenvalue weighted by atomic mass is 19.4. The highest BCUT2D eigenvalue weighted by molar-refractivity contribution is 5.93. The summed E-state index contributed by atoms with van der Waals surface area (Å²) in [6.45, 7) is 0.448. The van der Waals surface area contributed by atoms with Gasteiger partial charge in [-0.05, 0) is 31.7 Å². The van der Waals surface area contributed by atoms with Gasteiger partial charge < -0.3 is 14.7 Å². The Balaban J connectivity index is 1.65. The molecule has 3 rings (SSSR count). The molecule has 1 aromatic rings. The van der Waals surface area contributed by atoms with Crippen LogP contribution in [0.2, 0.25) is 0 Å². The van der Waals surface area contributed by atoms with Gasteiger partial charge in [0.15, 0.2) is 0 Å². The molecule has 1 atom stereocenters. The number of aliphatic hydroxyl groups excluding tert-OH is 1. The molecule has 1 aromatic heterocycles. The Hall–Kier alpha value is -1.86. The molecule has 3 heterocycles. The summed E-state index contributed by atoms with van der Waals surface area (Å²) in [4.78, 5) is 15.5. The number of aliphatic hydroxyl groups is 1. The molecule has 0 aromatic carbocycles. The summed E-state index contributed by atoms with van der Waals surface area (Å²) >= 11 is 0. The van der Waals surface area contributed by atoms with Gasteiger partial charge in [0.2, 0.25) is 6.41 Å². The first-order chi connectivity index (χ1) is 13.8. The highest BCUT2D eigenvalue weighted by Gasteiger charge is 2.59. The van der Waals surface area contributed by atoms with E-state index in [0.29, 0.717) is 13.0 Å². The van der Waals surface area contributed by atoms with Crippen molar-refractivity contribution in [1.29, 1.82) is 0 Å². The summed E-state index contributed by atoms with van der Waals surface area (Å²) in [6.07, 6.45) is -14.3. The molecule has 1 spiro atoms. The maximum absolute atomic E-state index is 12.8. The van der Waals surface area contributed by atoms with Crippen LogP contribution in [0.15, 0.2) is 12.3 Å². The zero-order chi connectivity index (χ0) is 22.3. The minimum absolute atomic E-state index is 0.0183. The monoisotopic (exact) mass is 444 g/mol. The van der Waals surface area contributed by atoms with Crippen LogP contribution >= 0.6 is 0 Å². The number of aromatic nitrogens is 2. The first-order valence-corrected chi connectivity index (χ1v) is 9.36. The van der Waals surface area contributed by atoms with Crippen molar-refractivity contribution in [2.24, 2.45) is 7.05 Å². The second kappa shape index (κ2) is 8.00. The Morgan fingerprint density at radius 2 is 1.73 bits per heavy atom. The molecule has 7 nitrogen and oxygen atoms in total. The first-order valence-electron chi connectivity index (χ1n) is 9.36. The number of rotatable bonds is 4. The average molecular weight is 444 g/mol. The molecule has 0 saturated carbocycles. The van der Waals surface area contributed by atoms with Crippen LogP contribution in [0.5, 0.6) is 0 Å². The molecule has 170 valence electrons. The molecule has 2 aliphatic rings. The van der Waals surface area contributed by atoms with E-state index in [1.165, 1.54) is 4.68 Å². The molecule has 2 aliphatic heterocycles. The number of hydrogen-bond acceptors (Lipinski definition) is 5. The molecule has 1 amide bonds. The van der Waals surface area contributed by atoms with E-state index in [1.54, 1.807) is 24.2 Å². The van der Waals surface area contributed by atoms with E-state index < -0.39 is 30.4 Å². The number of halogens is 6. The fourth-order valence-corrected chi connectivity index (χ4v) is 4.15. The van der Waals surface area contributed by atoms with Gasteiger partial charge in [-0.15, -0.1) is 0 Å². The van der Waals surface area contributed by atoms with Crippen LogP contribution in [-0.4, -0.2) is 80.6 Å². The minimum Gasteiger partial charge on any atom is -0.356 e. The summed E-state index contributed by atoms with van der Waals surface area (Å²) in [7, 11) is 1.67. The van der Waals surface area contributed by atoms with Gasteiger partial charge in [-0.2, -0.15) is 31.4 Å². The Kier molecular flexibility index (Phi) is 6.09. The molecule has 0 radical (unpaired) electrons. The number of piperidine rings is 1. The molecule has 2 fully saturated rings. The smallest absolute Gasteiger partial charge is 0.356 e. The Labute approximate surface area is 168 Å². The van der Waals surface area contributed by atoms with Crippen LogP contribution in [0.25, 0.3) is 0 Å². The third kappa shape index (κ3) is 4.57. The predicted octanol–water partition coefficient (Wildman–Crippen LogP) is 2.28. The van der Waals surface area contributed by atoms with Crippen LogP contribution in [0, 0.1) is 0 Å². The Morgan fingerprint density at radius 1 is 1.13 bits per heavy atom. The van der Waals surface area contributed by atoms with E-state index in [9.17, 15) is 36.2 Å². The van der Waals surface area contributed by atoms with Crippen molar-refractivity contribution in [1.82, 2.24) is 19.6 Å². The van der Waals surface area contributed by atoms with Crippen molar-refractivity contribution in [2.45, 2.75) is 56.1 Å². The fraction of sp³-hybridized carbons (Fsp3) is 0.765. The number of nitrogens with zero attached hydrogens (tertiary/aromatic N) is 4. The number of carbonyl (C=O) groups excluding carboxylic acids is 1. The number of alkyl halides is 6.